The summed E-state index contributed by atoms with van der Waals surface area (Å²) in [4.78, 5) is 20.1. The molecule has 0 saturated heterocycles. The van der Waals surface area contributed by atoms with Crippen LogP contribution in [0.2, 0.25) is 0 Å². The summed E-state index contributed by atoms with van der Waals surface area (Å²) < 4.78 is 0. The predicted octanol–water partition coefficient (Wildman–Crippen LogP) is 3.55. The Morgan fingerprint density at radius 3 is 2.67 bits per heavy atom. The van der Waals surface area contributed by atoms with E-state index in [9.17, 15) is 4.79 Å². The van der Waals surface area contributed by atoms with Crippen molar-refractivity contribution in [3.05, 3.63) is 41.7 Å². The van der Waals surface area contributed by atoms with Gasteiger partial charge in [0.1, 0.15) is 17.5 Å². The lowest BCUT2D eigenvalue weighted by Crippen LogP contribution is -2.05. The molecule has 1 aromatic carbocycles. The van der Waals surface area contributed by atoms with Crippen LogP contribution >= 0.6 is 0 Å². The number of benzene rings is 1. The second-order valence-electron chi connectivity index (χ2n) is 4.87. The van der Waals surface area contributed by atoms with Gasteiger partial charge in [-0.15, -0.1) is 0 Å². The number of rotatable bonds is 6. The number of ketones is 1. The minimum atomic E-state index is 0.0443. The van der Waals surface area contributed by atoms with Crippen molar-refractivity contribution in [1.29, 1.82) is 0 Å². The molecule has 0 unspecified atom stereocenters. The third-order valence-corrected chi connectivity index (χ3v) is 2.94. The number of hydrogen-bond acceptors (Lipinski definition) is 5. The number of hydrogen-bond donors (Lipinski definition) is 2. The normalized spacial score (nSPS) is 10.2. The average Bonchev–Trinajstić information content (AvgIpc) is 2.45. The Bertz CT molecular complexity index is 640. The molecule has 0 atom stereocenters. The van der Waals surface area contributed by atoms with E-state index in [1.807, 2.05) is 31.2 Å². The van der Waals surface area contributed by atoms with Crippen molar-refractivity contribution in [3.8, 4) is 0 Å². The van der Waals surface area contributed by atoms with Gasteiger partial charge in [-0.05, 0) is 32.4 Å². The van der Waals surface area contributed by atoms with E-state index in [2.05, 4.69) is 27.5 Å². The number of aromatic nitrogens is 2. The molecule has 0 saturated carbocycles. The van der Waals surface area contributed by atoms with Crippen LogP contribution in [0.1, 0.15) is 36.5 Å². The molecule has 0 amide bonds. The third kappa shape index (κ3) is 4.27. The van der Waals surface area contributed by atoms with E-state index in [1.54, 1.807) is 13.0 Å². The molecule has 21 heavy (non-hydrogen) atoms. The van der Waals surface area contributed by atoms with Gasteiger partial charge in [-0.1, -0.05) is 19.1 Å². The molecule has 0 bridgehead atoms. The predicted molar refractivity (Wildman–Crippen MR) is 85.3 cm³/mol. The maximum absolute atomic E-state index is 11.4. The molecule has 0 aliphatic carbocycles. The number of carbonyl (C=O) groups excluding carboxylic acids is 1. The Morgan fingerprint density at radius 2 is 1.95 bits per heavy atom. The van der Waals surface area contributed by atoms with Gasteiger partial charge in [0.25, 0.3) is 0 Å². The Hall–Kier alpha value is -2.43. The van der Waals surface area contributed by atoms with Gasteiger partial charge in [0.05, 0.1) is 0 Å². The quantitative estimate of drug-likeness (QED) is 0.794. The number of aryl methyl sites for hydroxylation is 1. The lowest BCUT2D eigenvalue weighted by atomic mass is 10.1. The summed E-state index contributed by atoms with van der Waals surface area (Å²) in [7, 11) is 0. The Balaban J connectivity index is 2.20. The molecule has 0 aliphatic rings. The Kier molecular flexibility index (Phi) is 4.87. The summed E-state index contributed by atoms with van der Waals surface area (Å²) in [6.45, 7) is 6.39. The molecular formula is C16H20N4O. The van der Waals surface area contributed by atoms with E-state index in [0.717, 1.165) is 24.5 Å². The van der Waals surface area contributed by atoms with Gasteiger partial charge in [-0.3, -0.25) is 4.79 Å². The van der Waals surface area contributed by atoms with Crippen LogP contribution < -0.4 is 10.6 Å². The van der Waals surface area contributed by atoms with Crippen LogP contribution in [-0.2, 0) is 0 Å². The van der Waals surface area contributed by atoms with Crippen molar-refractivity contribution < 1.29 is 4.79 Å². The molecule has 0 aliphatic heterocycles. The summed E-state index contributed by atoms with van der Waals surface area (Å²) in [5.74, 6) is 2.25. The van der Waals surface area contributed by atoms with E-state index in [1.165, 1.54) is 0 Å². The van der Waals surface area contributed by atoms with Gasteiger partial charge in [0, 0.05) is 23.9 Å². The first-order chi connectivity index (χ1) is 10.1. The van der Waals surface area contributed by atoms with Crippen molar-refractivity contribution in [2.75, 3.05) is 17.2 Å². The average molecular weight is 284 g/mol. The van der Waals surface area contributed by atoms with Crippen LogP contribution in [0.15, 0.2) is 30.3 Å². The van der Waals surface area contributed by atoms with Gasteiger partial charge in [0.15, 0.2) is 5.78 Å². The fraction of sp³-hybridized carbons (Fsp3) is 0.312. The molecule has 5 heteroatoms. The summed E-state index contributed by atoms with van der Waals surface area (Å²) in [5.41, 5.74) is 1.51. The smallest absolute Gasteiger partial charge is 0.159 e. The topological polar surface area (TPSA) is 66.9 Å². The van der Waals surface area contributed by atoms with Gasteiger partial charge < -0.3 is 10.6 Å². The van der Waals surface area contributed by atoms with E-state index in [-0.39, 0.29) is 5.78 Å². The molecule has 2 rings (SSSR count). The zero-order valence-electron chi connectivity index (χ0n) is 12.6. The summed E-state index contributed by atoms with van der Waals surface area (Å²) in [6, 6.07) is 9.24. The standard InChI is InChI=1S/C16H20N4O/c1-4-8-17-15-10-16(19-12(3)18-15)20-14-7-5-6-13(9-14)11(2)21/h5-7,9-10H,4,8H2,1-3H3,(H2,17,18,19,20). The summed E-state index contributed by atoms with van der Waals surface area (Å²) in [6.07, 6.45) is 1.03. The first-order valence-corrected chi connectivity index (χ1v) is 7.06. The number of anilines is 3. The molecule has 1 heterocycles. The molecular weight excluding hydrogens is 264 g/mol. The monoisotopic (exact) mass is 284 g/mol. The molecule has 0 fully saturated rings. The maximum Gasteiger partial charge on any atom is 0.159 e. The molecule has 0 radical (unpaired) electrons. The molecule has 1 aromatic heterocycles. The van der Waals surface area contributed by atoms with Gasteiger partial charge in [-0.25, -0.2) is 9.97 Å². The Labute approximate surface area is 124 Å². The number of nitrogens with zero attached hydrogens (tertiary/aromatic N) is 2. The van der Waals surface area contributed by atoms with Crippen molar-refractivity contribution >= 4 is 23.1 Å². The van der Waals surface area contributed by atoms with Crippen LogP contribution in [0.3, 0.4) is 0 Å². The highest BCUT2D eigenvalue weighted by atomic mass is 16.1. The molecule has 2 aromatic rings. The van der Waals surface area contributed by atoms with Crippen molar-refractivity contribution in [2.45, 2.75) is 27.2 Å². The van der Waals surface area contributed by atoms with E-state index < -0.39 is 0 Å². The third-order valence-electron chi connectivity index (χ3n) is 2.94. The van der Waals surface area contributed by atoms with Crippen LogP contribution in [0.5, 0.6) is 0 Å². The van der Waals surface area contributed by atoms with Crippen molar-refractivity contribution in [3.63, 3.8) is 0 Å². The van der Waals surface area contributed by atoms with E-state index >= 15 is 0 Å². The molecule has 2 N–H and O–H groups in total. The molecule has 5 nitrogen and oxygen atoms in total. The first-order valence-electron chi connectivity index (χ1n) is 7.06. The van der Waals surface area contributed by atoms with Crippen molar-refractivity contribution in [1.82, 2.24) is 9.97 Å². The van der Waals surface area contributed by atoms with E-state index in [0.29, 0.717) is 17.2 Å². The minimum absolute atomic E-state index is 0.0443. The van der Waals surface area contributed by atoms with E-state index in [4.69, 9.17) is 0 Å². The van der Waals surface area contributed by atoms with Gasteiger partial charge >= 0.3 is 0 Å². The molecule has 110 valence electrons. The largest absolute Gasteiger partial charge is 0.370 e. The lowest BCUT2D eigenvalue weighted by molar-refractivity contribution is 0.101. The number of Topliss-reactive ketones (excluding diaryl/α,β-unsaturated/α-hetero) is 1. The fourth-order valence-electron chi connectivity index (χ4n) is 1.94. The first kappa shape index (κ1) is 15.0. The molecule has 0 spiro atoms. The van der Waals surface area contributed by atoms with Gasteiger partial charge in [0.2, 0.25) is 0 Å². The van der Waals surface area contributed by atoms with Crippen LogP contribution in [0.25, 0.3) is 0 Å². The lowest BCUT2D eigenvalue weighted by Gasteiger charge is -2.10. The fourth-order valence-corrected chi connectivity index (χ4v) is 1.94. The minimum Gasteiger partial charge on any atom is -0.370 e. The zero-order chi connectivity index (χ0) is 15.2. The van der Waals surface area contributed by atoms with Crippen LogP contribution in [0, 0.1) is 6.92 Å². The summed E-state index contributed by atoms with van der Waals surface area (Å²) in [5, 5.41) is 6.46. The van der Waals surface area contributed by atoms with Crippen molar-refractivity contribution in [2.24, 2.45) is 0 Å². The number of carbonyl (C=O) groups is 1. The highest BCUT2D eigenvalue weighted by Crippen LogP contribution is 2.18. The second kappa shape index (κ2) is 6.83. The highest BCUT2D eigenvalue weighted by Gasteiger charge is 2.04. The van der Waals surface area contributed by atoms with Crippen LogP contribution in [-0.4, -0.2) is 22.3 Å². The Morgan fingerprint density at radius 1 is 1.19 bits per heavy atom. The number of nitrogens with one attached hydrogen (secondary N) is 2. The van der Waals surface area contributed by atoms with Gasteiger partial charge in [-0.2, -0.15) is 0 Å². The highest BCUT2D eigenvalue weighted by molar-refractivity contribution is 5.95. The second-order valence-corrected chi connectivity index (χ2v) is 4.87. The maximum atomic E-state index is 11.4. The summed E-state index contributed by atoms with van der Waals surface area (Å²) >= 11 is 0. The van der Waals surface area contributed by atoms with Crippen LogP contribution in [0.4, 0.5) is 17.3 Å². The SMILES string of the molecule is CCCNc1cc(Nc2cccc(C(C)=O)c2)nc(C)n1. The zero-order valence-corrected chi connectivity index (χ0v) is 12.6.